The Morgan fingerprint density at radius 1 is 1.10 bits per heavy atom. The SMILES string of the molecule is CC(=O)Nc1cc2ccccc2c2c3c(ccc12)OCO3. The highest BCUT2D eigenvalue weighted by Gasteiger charge is 2.20. The van der Waals surface area contributed by atoms with Crippen molar-refractivity contribution in [1.29, 1.82) is 0 Å². The van der Waals surface area contributed by atoms with Crippen LogP contribution in [0.3, 0.4) is 0 Å². The van der Waals surface area contributed by atoms with E-state index in [1.165, 1.54) is 6.92 Å². The molecule has 1 aliphatic rings. The van der Waals surface area contributed by atoms with Gasteiger partial charge in [-0.2, -0.15) is 0 Å². The molecule has 0 aromatic heterocycles. The van der Waals surface area contributed by atoms with E-state index in [4.69, 9.17) is 9.47 Å². The van der Waals surface area contributed by atoms with Crippen LogP contribution in [0, 0.1) is 0 Å². The summed E-state index contributed by atoms with van der Waals surface area (Å²) in [4.78, 5) is 11.5. The molecule has 4 rings (SSSR count). The van der Waals surface area contributed by atoms with Gasteiger partial charge in [0.15, 0.2) is 11.5 Å². The zero-order valence-electron chi connectivity index (χ0n) is 11.5. The third kappa shape index (κ3) is 1.80. The number of benzene rings is 3. The molecule has 4 heteroatoms. The molecule has 0 spiro atoms. The summed E-state index contributed by atoms with van der Waals surface area (Å²) in [5.41, 5.74) is 0.787. The monoisotopic (exact) mass is 279 g/mol. The average Bonchev–Trinajstić information content (AvgIpc) is 2.95. The normalized spacial score (nSPS) is 12.8. The highest BCUT2D eigenvalue weighted by Crippen LogP contribution is 2.44. The number of nitrogens with one attached hydrogen (secondary N) is 1. The molecule has 4 nitrogen and oxygen atoms in total. The number of hydrogen-bond donors (Lipinski definition) is 1. The van der Waals surface area contributed by atoms with E-state index in [0.717, 1.165) is 38.7 Å². The second kappa shape index (κ2) is 4.38. The van der Waals surface area contributed by atoms with Crippen molar-refractivity contribution >= 4 is 33.1 Å². The molecule has 0 unspecified atom stereocenters. The number of amides is 1. The van der Waals surface area contributed by atoms with Crippen LogP contribution in [-0.2, 0) is 4.79 Å². The van der Waals surface area contributed by atoms with Crippen LogP contribution >= 0.6 is 0 Å². The van der Waals surface area contributed by atoms with E-state index < -0.39 is 0 Å². The number of carbonyl (C=O) groups excluding carboxylic acids is 1. The summed E-state index contributed by atoms with van der Waals surface area (Å²) < 4.78 is 11.1. The predicted octanol–water partition coefficient (Wildman–Crippen LogP) is 3.68. The summed E-state index contributed by atoms with van der Waals surface area (Å²) in [6, 6.07) is 13.9. The Bertz CT molecular complexity index is 886. The first kappa shape index (κ1) is 12.0. The summed E-state index contributed by atoms with van der Waals surface area (Å²) in [6.07, 6.45) is 0. The molecule has 1 aliphatic heterocycles. The van der Waals surface area contributed by atoms with E-state index in [1.807, 2.05) is 36.4 Å². The molecular weight excluding hydrogens is 266 g/mol. The summed E-state index contributed by atoms with van der Waals surface area (Å²) in [5, 5.41) is 6.97. The van der Waals surface area contributed by atoms with Crippen molar-refractivity contribution in [2.75, 3.05) is 12.1 Å². The van der Waals surface area contributed by atoms with E-state index in [9.17, 15) is 4.79 Å². The van der Waals surface area contributed by atoms with Gasteiger partial charge >= 0.3 is 0 Å². The summed E-state index contributed by atoms with van der Waals surface area (Å²) in [6.45, 7) is 1.74. The Labute approximate surface area is 121 Å². The predicted molar refractivity (Wildman–Crippen MR) is 81.9 cm³/mol. The number of ether oxygens (including phenoxy) is 2. The summed E-state index contributed by atoms with van der Waals surface area (Å²) >= 11 is 0. The number of anilines is 1. The molecule has 0 aliphatic carbocycles. The molecule has 104 valence electrons. The van der Waals surface area contributed by atoms with Crippen LogP contribution in [0.5, 0.6) is 11.5 Å². The molecule has 1 amide bonds. The minimum Gasteiger partial charge on any atom is -0.454 e. The highest BCUT2D eigenvalue weighted by atomic mass is 16.7. The van der Waals surface area contributed by atoms with Crippen molar-refractivity contribution in [1.82, 2.24) is 0 Å². The quantitative estimate of drug-likeness (QED) is 0.691. The number of fused-ring (bicyclic) bond motifs is 5. The molecule has 3 aromatic carbocycles. The Morgan fingerprint density at radius 2 is 1.95 bits per heavy atom. The molecule has 1 N–H and O–H groups in total. The van der Waals surface area contributed by atoms with Gasteiger partial charge in [0, 0.05) is 23.4 Å². The van der Waals surface area contributed by atoms with E-state index in [2.05, 4.69) is 11.4 Å². The number of rotatable bonds is 1. The van der Waals surface area contributed by atoms with E-state index in [0.29, 0.717) is 0 Å². The Balaban J connectivity index is 2.17. The van der Waals surface area contributed by atoms with Gasteiger partial charge in [0.1, 0.15) is 0 Å². The molecule has 0 fully saturated rings. The molecule has 0 bridgehead atoms. The first-order valence-corrected chi connectivity index (χ1v) is 6.76. The summed E-state index contributed by atoms with van der Waals surface area (Å²) in [5.74, 6) is 1.40. The Kier molecular flexibility index (Phi) is 2.51. The lowest BCUT2D eigenvalue weighted by Crippen LogP contribution is -2.06. The maximum atomic E-state index is 11.5. The largest absolute Gasteiger partial charge is 0.454 e. The van der Waals surface area contributed by atoms with Crippen molar-refractivity contribution in [2.24, 2.45) is 0 Å². The van der Waals surface area contributed by atoms with Crippen LogP contribution in [0.15, 0.2) is 42.5 Å². The lowest BCUT2D eigenvalue weighted by molar-refractivity contribution is -0.114. The maximum absolute atomic E-state index is 11.5. The van der Waals surface area contributed by atoms with Crippen LogP contribution in [0.25, 0.3) is 21.5 Å². The van der Waals surface area contributed by atoms with Crippen LogP contribution in [0.4, 0.5) is 5.69 Å². The van der Waals surface area contributed by atoms with Crippen molar-refractivity contribution in [2.45, 2.75) is 6.92 Å². The van der Waals surface area contributed by atoms with Gasteiger partial charge in [-0.05, 0) is 29.0 Å². The zero-order chi connectivity index (χ0) is 14.4. The van der Waals surface area contributed by atoms with Gasteiger partial charge in [-0.15, -0.1) is 0 Å². The zero-order valence-corrected chi connectivity index (χ0v) is 11.5. The van der Waals surface area contributed by atoms with Gasteiger partial charge in [-0.3, -0.25) is 4.79 Å². The van der Waals surface area contributed by atoms with Crippen molar-refractivity contribution < 1.29 is 14.3 Å². The van der Waals surface area contributed by atoms with Gasteiger partial charge in [0.05, 0.1) is 0 Å². The lowest BCUT2D eigenvalue weighted by Gasteiger charge is -2.12. The van der Waals surface area contributed by atoms with Crippen LogP contribution in [0.2, 0.25) is 0 Å². The number of hydrogen-bond acceptors (Lipinski definition) is 3. The van der Waals surface area contributed by atoms with Crippen molar-refractivity contribution in [3.05, 3.63) is 42.5 Å². The molecule has 0 atom stereocenters. The number of carbonyl (C=O) groups is 1. The van der Waals surface area contributed by atoms with Gasteiger partial charge in [-0.25, -0.2) is 0 Å². The summed E-state index contributed by atoms with van der Waals surface area (Å²) in [7, 11) is 0. The first-order valence-electron chi connectivity index (χ1n) is 6.76. The second-order valence-electron chi connectivity index (χ2n) is 5.05. The first-order chi connectivity index (χ1) is 10.2. The smallest absolute Gasteiger partial charge is 0.231 e. The van der Waals surface area contributed by atoms with Crippen molar-refractivity contribution in [3.63, 3.8) is 0 Å². The second-order valence-corrected chi connectivity index (χ2v) is 5.05. The van der Waals surface area contributed by atoms with E-state index >= 15 is 0 Å². The van der Waals surface area contributed by atoms with Gasteiger partial charge in [-0.1, -0.05) is 24.3 Å². The molecule has 21 heavy (non-hydrogen) atoms. The standard InChI is InChI=1S/C17H13NO3/c1-10(19)18-14-8-11-4-2-3-5-12(11)16-13(14)6-7-15-17(16)21-9-20-15/h2-8H,9H2,1H3,(H,18,19). The van der Waals surface area contributed by atoms with E-state index in [-0.39, 0.29) is 12.7 Å². The third-order valence-electron chi connectivity index (χ3n) is 3.67. The topological polar surface area (TPSA) is 47.6 Å². The maximum Gasteiger partial charge on any atom is 0.231 e. The van der Waals surface area contributed by atoms with Gasteiger partial charge in [0.2, 0.25) is 12.7 Å². The fourth-order valence-corrected chi connectivity index (χ4v) is 2.84. The minimum atomic E-state index is -0.0933. The Hall–Kier alpha value is -2.75. The van der Waals surface area contributed by atoms with Crippen LogP contribution in [-0.4, -0.2) is 12.7 Å². The molecule has 1 heterocycles. The lowest BCUT2D eigenvalue weighted by atomic mass is 9.99. The molecular formula is C17H13NO3. The highest BCUT2D eigenvalue weighted by molar-refractivity contribution is 6.18. The molecule has 0 saturated carbocycles. The Morgan fingerprint density at radius 3 is 2.81 bits per heavy atom. The van der Waals surface area contributed by atoms with Crippen LogP contribution in [0.1, 0.15) is 6.92 Å². The fraction of sp³-hybridized carbons (Fsp3) is 0.118. The molecule has 0 radical (unpaired) electrons. The minimum absolute atomic E-state index is 0.0933. The molecule has 0 saturated heterocycles. The van der Waals surface area contributed by atoms with Gasteiger partial charge < -0.3 is 14.8 Å². The third-order valence-corrected chi connectivity index (χ3v) is 3.67. The van der Waals surface area contributed by atoms with E-state index in [1.54, 1.807) is 0 Å². The van der Waals surface area contributed by atoms with Crippen LogP contribution < -0.4 is 14.8 Å². The van der Waals surface area contributed by atoms with Gasteiger partial charge in [0.25, 0.3) is 0 Å². The average molecular weight is 279 g/mol. The molecule has 3 aromatic rings. The fourth-order valence-electron chi connectivity index (χ4n) is 2.84. The van der Waals surface area contributed by atoms with Crippen molar-refractivity contribution in [3.8, 4) is 11.5 Å².